The number of esters is 1. The zero-order chi connectivity index (χ0) is 12.8. The molecule has 4 heteroatoms. The van der Waals surface area contributed by atoms with Gasteiger partial charge in [-0.2, -0.15) is 0 Å². The van der Waals surface area contributed by atoms with Crippen LogP contribution in [0, 0.1) is 5.92 Å². The molecule has 0 heterocycles. The fourth-order valence-corrected chi connectivity index (χ4v) is 1.74. The molecule has 92 valence electrons. The molecular formula is C13H15ClO3. The van der Waals surface area contributed by atoms with Crippen LogP contribution in [0.25, 0.3) is 0 Å². The van der Waals surface area contributed by atoms with E-state index < -0.39 is 11.9 Å². The Labute approximate surface area is 106 Å². The first-order chi connectivity index (χ1) is 8.10. The van der Waals surface area contributed by atoms with Crippen LogP contribution in [0.5, 0.6) is 0 Å². The van der Waals surface area contributed by atoms with E-state index in [4.69, 9.17) is 16.3 Å². The quantitative estimate of drug-likeness (QED) is 0.461. The van der Waals surface area contributed by atoms with Gasteiger partial charge >= 0.3 is 5.97 Å². The predicted molar refractivity (Wildman–Crippen MR) is 66.2 cm³/mol. The Kier molecular flexibility index (Phi) is 5.16. The molecule has 0 spiro atoms. The van der Waals surface area contributed by atoms with Crippen molar-refractivity contribution in [2.75, 3.05) is 6.61 Å². The van der Waals surface area contributed by atoms with Gasteiger partial charge in [-0.15, -0.1) is 0 Å². The molecule has 17 heavy (non-hydrogen) atoms. The molecule has 0 aliphatic rings. The number of carbonyl (C=O) groups excluding carboxylic acids is 2. The second-order valence-corrected chi connectivity index (χ2v) is 4.02. The van der Waals surface area contributed by atoms with Crippen molar-refractivity contribution in [2.24, 2.45) is 5.92 Å². The molecule has 0 N–H and O–H groups in total. The van der Waals surface area contributed by atoms with Crippen LogP contribution in [-0.4, -0.2) is 18.4 Å². The third-order valence-electron chi connectivity index (χ3n) is 2.40. The summed E-state index contributed by atoms with van der Waals surface area (Å²) in [6.07, 6.45) is 0.421. The molecule has 1 unspecified atom stereocenters. The summed E-state index contributed by atoms with van der Waals surface area (Å²) in [4.78, 5) is 23.7. The topological polar surface area (TPSA) is 43.4 Å². The average Bonchev–Trinajstić information content (AvgIpc) is 2.30. The number of carbonyl (C=O) groups is 2. The summed E-state index contributed by atoms with van der Waals surface area (Å²) in [6.45, 7) is 3.77. The summed E-state index contributed by atoms with van der Waals surface area (Å²) in [7, 11) is 0. The number of rotatable bonds is 5. The highest BCUT2D eigenvalue weighted by atomic mass is 35.5. The standard InChI is InChI=1S/C13H15ClO3/c1-3-11(13(16)17-4-2)12(15)9-6-5-7-10(14)8-9/h5-8,11H,3-4H2,1-2H3. The molecule has 1 aromatic rings. The van der Waals surface area contributed by atoms with Crippen molar-refractivity contribution >= 4 is 23.4 Å². The Bertz CT molecular complexity index is 415. The molecule has 0 amide bonds. The van der Waals surface area contributed by atoms with Crippen molar-refractivity contribution in [1.82, 2.24) is 0 Å². The summed E-state index contributed by atoms with van der Waals surface area (Å²) in [5, 5.41) is 0.481. The van der Waals surface area contributed by atoms with Crippen molar-refractivity contribution in [3.8, 4) is 0 Å². The molecule has 1 aromatic carbocycles. The highest BCUT2D eigenvalue weighted by Crippen LogP contribution is 2.17. The molecule has 0 radical (unpaired) electrons. The molecule has 0 fully saturated rings. The monoisotopic (exact) mass is 254 g/mol. The zero-order valence-corrected chi connectivity index (χ0v) is 10.7. The van der Waals surface area contributed by atoms with Gasteiger partial charge in [0, 0.05) is 10.6 Å². The minimum atomic E-state index is -0.742. The van der Waals surface area contributed by atoms with E-state index in [0.717, 1.165) is 0 Å². The molecule has 0 aliphatic heterocycles. The van der Waals surface area contributed by atoms with Crippen LogP contribution in [-0.2, 0) is 9.53 Å². The Morgan fingerprint density at radius 1 is 1.35 bits per heavy atom. The highest BCUT2D eigenvalue weighted by molar-refractivity contribution is 6.31. The van der Waals surface area contributed by atoms with Gasteiger partial charge in [-0.3, -0.25) is 9.59 Å². The van der Waals surface area contributed by atoms with Gasteiger partial charge in [-0.05, 0) is 25.5 Å². The molecule has 1 rings (SSSR count). The molecule has 0 saturated heterocycles. The van der Waals surface area contributed by atoms with Gasteiger partial charge < -0.3 is 4.74 Å². The normalized spacial score (nSPS) is 11.9. The van der Waals surface area contributed by atoms with Gasteiger partial charge in [0.25, 0.3) is 0 Å². The van der Waals surface area contributed by atoms with Crippen molar-refractivity contribution in [3.05, 3.63) is 34.9 Å². The van der Waals surface area contributed by atoms with E-state index in [1.54, 1.807) is 38.1 Å². The number of halogens is 1. The largest absolute Gasteiger partial charge is 0.465 e. The third kappa shape index (κ3) is 3.56. The van der Waals surface area contributed by atoms with Gasteiger partial charge in [0.1, 0.15) is 5.92 Å². The second-order valence-electron chi connectivity index (χ2n) is 3.59. The van der Waals surface area contributed by atoms with Gasteiger partial charge in [0.05, 0.1) is 6.61 Å². The average molecular weight is 255 g/mol. The van der Waals surface area contributed by atoms with E-state index >= 15 is 0 Å². The van der Waals surface area contributed by atoms with Crippen LogP contribution < -0.4 is 0 Å². The summed E-state index contributed by atoms with van der Waals surface area (Å²) in [5.74, 6) is -1.46. The van der Waals surface area contributed by atoms with E-state index in [1.807, 2.05) is 0 Å². The lowest BCUT2D eigenvalue weighted by atomic mass is 9.95. The van der Waals surface area contributed by atoms with E-state index in [1.165, 1.54) is 0 Å². The Morgan fingerprint density at radius 2 is 2.06 bits per heavy atom. The third-order valence-corrected chi connectivity index (χ3v) is 2.64. The molecule has 0 bridgehead atoms. The molecule has 0 aromatic heterocycles. The molecule has 0 saturated carbocycles. The fourth-order valence-electron chi connectivity index (χ4n) is 1.54. The minimum absolute atomic E-state index is 0.242. The van der Waals surface area contributed by atoms with Gasteiger partial charge in [-0.1, -0.05) is 30.7 Å². The van der Waals surface area contributed by atoms with E-state index in [0.29, 0.717) is 17.0 Å². The van der Waals surface area contributed by atoms with Gasteiger partial charge in [0.15, 0.2) is 5.78 Å². The maximum Gasteiger partial charge on any atom is 0.316 e. The number of hydrogen-bond donors (Lipinski definition) is 0. The van der Waals surface area contributed by atoms with Crippen LogP contribution in [0.4, 0.5) is 0 Å². The molecule has 1 atom stereocenters. The maximum absolute atomic E-state index is 12.1. The van der Waals surface area contributed by atoms with Crippen molar-refractivity contribution < 1.29 is 14.3 Å². The number of Topliss-reactive ketones (excluding diaryl/α,β-unsaturated/α-hetero) is 1. The number of hydrogen-bond acceptors (Lipinski definition) is 3. The lowest BCUT2D eigenvalue weighted by Gasteiger charge is -2.12. The first kappa shape index (κ1) is 13.7. The summed E-state index contributed by atoms with van der Waals surface area (Å²) in [5.41, 5.74) is 0.442. The molecular weight excluding hydrogens is 240 g/mol. The lowest BCUT2D eigenvalue weighted by molar-refractivity contribution is -0.146. The van der Waals surface area contributed by atoms with Gasteiger partial charge in [-0.25, -0.2) is 0 Å². The summed E-state index contributed by atoms with van der Waals surface area (Å²) >= 11 is 5.81. The van der Waals surface area contributed by atoms with E-state index in [-0.39, 0.29) is 12.4 Å². The highest BCUT2D eigenvalue weighted by Gasteiger charge is 2.27. The zero-order valence-electron chi connectivity index (χ0n) is 9.90. The van der Waals surface area contributed by atoms with Crippen molar-refractivity contribution in [1.29, 1.82) is 0 Å². The fraction of sp³-hybridized carbons (Fsp3) is 0.385. The number of benzene rings is 1. The first-order valence-corrected chi connectivity index (χ1v) is 5.94. The molecule has 3 nitrogen and oxygen atoms in total. The molecule has 0 aliphatic carbocycles. The van der Waals surface area contributed by atoms with Gasteiger partial charge in [0.2, 0.25) is 0 Å². The first-order valence-electron chi connectivity index (χ1n) is 5.56. The van der Waals surface area contributed by atoms with Crippen LogP contribution in [0.3, 0.4) is 0 Å². The van der Waals surface area contributed by atoms with Crippen LogP contribution >= 0.6 is 11.6 Å². The Hall–Kier alpha value is -1.35. The summed E-state index contributed by atoms with van der Waals surface area (Å²) in [6, 6.07) is 6.58. The number of ketones is 1. The van der Waals surface area contributed by atoms with E-state index in [2.05, 4.69) is 0 Å². The SMILES string of the molecule is CCOC(=O)C(CC)C(=O)c1cccc(Cl)c1. The smallest absolute Gasteiger partial charge is 0.316 e. The van der Waals surface area contributed by atoms with Crippen molar-refractivity contribution in [3.63, 3.8) is 0 Å². The minimum Gasteiger partial charge on any atom is -0.465 e. The van der Waals surface area contributed by atoms with E-state index in [9.17, 15) is 9.59 Å². The maximum atomic E-state index is 12.1. The number of ether oxygens (including phenoxy) is 1. The summed E-state index contributed by atoms with van der Waals surface area (Å²) < 4.78 is 4.88. The van der Waals surface area contributed by atoms with Crippen LogP contribution in [0.2, 0.25) is 5.02 Å². The Morgan fingerprint density at radius 3 is 2.59 bits per heavy atom. The lowest BCUT2D eigenvalue weighted by Crippen LogP contribution is -2.25. The van der Waals surface area contributed by atoms with Crippen molar-refractivity contribution in [2.45, 2.75) is 20.3 Å². The predicted octanol–water partition coefficient (Wildman–Crippen LogP) is 3.11. The Balaban J connectivity index is 2.90. The van der Waals surface area contributed by atoms with Crippen LogP contribution in [0.15, 0.2) is 24.3 Å². The van der Waals surface area contributed by atoms with Crippen LogP contribution in [0.1, 0.15) is 30.6 Å². The second kappa shape index (κ2) is 6.40.